The lowest BCUT2D eigenvalue weighted by atomic mass is 9.91. The van der Waals surface area contributed by atoms with Gasteiger partial charge in [-0.3, -0.25) is 10.1 Å². The highest BCUT2D eigenvalue weighted by Crippen LogP contribution is 2.29. The van der Waals surface area contributed by atoms with Crippen LogP contribution in [-0.2, 0) is 16.1 Å². The van der Waals surface area contributed by atoms with Crippen molar-refractivity contribution >= 4 is 11.6 Å². The number of hydrogen-bond donors (Lipinski definition) is 3. The van der Waals surface area contributed by atoms with Crippen molar-refractivity contribution in [2.75, 3.05) is 11.9 Å². The van der Waals surface area contributed by atoms with Gasteiger partial charge in [0.25, 0.3) is 0 Å². The van der Waals surface area contributed by atoms with Gasteiger partial charge >= 0.3 is 0 Å². The topological polar surface area (TPSA) is 79.8 Å². The Hall–Kier alpha value is -3.19. The summed E-state index contributed by atoms with van der Waals surface area (Å²) in [5.41, 5.74) is 4.33. The van der Waals surface area contributed by atoms with Gasteiger partial charge in [0.05, 0.1) is 12.1 Å². The summed E-state index contributed by atoms with van der Waals surface area (Å²) in [4.78, 5) is 11.4. The molecule has 3 rings (SSSR count). The summed E-state index contributed by atoms with van der Waals surface area (Å²) in [6.07, 6.45) is -0.317. The molecule has 0 fully saturated rings. The average molecular weight is 491 g/mol. The van der Waals surface area contributed by atoms with E-state index in [9.17, 15) is 9.90 Å². The van der Waals surface area contributed by atoms with Crippen LogP contribution in [0.1, 0.15) is 45.2 Å². The minimum absolute atomic E-state index is 0.0966. The Morgan fingerprint density at radius 1 is 1.00 bits per heavy atom. The van der Waals surface area contributed by atoms with Gasteiger partial charge in [0.2, 0.25) is 12.3 Å². The van der Waals surface area contributed by atoms with Gasteiger partial charge in [-0.1, -0.05) is 62.4 Å². The second kappa shape index (κ2) is 12.7. The van der Waals surface area contributed by atoms with E-state index in [1.165, 1.54) is 6.92 Å². The van der Waals surface area contributed by atoms with Gasteiger partial charge in [-0.2, -0.15) is 0 Å². The molecule has 0 aliphatic heterocycles. The smallest absolute Gasteiger partial charge is 0.221 e. The standard InChI is InChI=1S/C30H38N2O4/c1-21(2)18-30(5,32-29(34)35-19-24-10-7-6-8-11-24)20-36-28-15-14-26(16-22(28)3)25-12-9-13-27(17-25)31-23(4)33/h6-17,21,29,32,34H,18-20H2,1-5H3,(H,31,33). The van der Waals surface area contributed by atoms with Gasteiger partial charge in [0.1, 0.15) is 12.4 Å². The minimum atomic E-state index is -1.11. The largest absolute Gasteiger partial charge is 0.491 e. The van der Waals surface area contributed by atoms with Crippen LogP contribution in [0.5, 0.6) is 5.75 Å². The Kier molecular flexibility index (Phi) is 9.65. The molecule has 2 unspecified atom stereocenters. The molecule has 0 bridgehead atoms. The first-order valence-corrected chi connectivity index (χ1v) is 12.4. The van der Waals surface area contributed by atoms with Crippen LogP contribution in [0.15, 0.2) is 72.8 Å². The Morgan fingerprint density at radius 2 is 1.72 bits per heavy atom. The lowest BCUT2D eigenvalue weighted by molar-refractivity contribution is -0.146. The van der Waals surface area contributed by atoms with E-state index in [0.29, 0.717) is 19.1 Å². The van der Waals surface area contributed by atoms with Crippen molar-refractivity contribution in [2.24, 2.45) is 5.92 Å². The molecule has 0 aliphatic rings. The minimum Gasteiger partial charge on any atom is -0.491 e. The van der Waals surface area contributed by atoms with Gasteiger partial charge in [0.15, 0.2) is 0 Å². The second-order valence-corrected chi connectivity index (χ2v) is 9.98. The molecule has 0 aliphatic carbocycles. The Bertz CT molecular complexity index is 1130. The molecule has 192 valence electrons. The maximum absolute atomic E-state index is 11.4. The van der Waals surface area contributed by atoms with Crippen LogP contribution < -0.4 is 15.4 Å². The fourth-order valence-corrected chi connectivity index (χ4v) is 4.36. The van der Waals surface area contributed by atoms with Crippen LogP contribution in [-0.4, -0.2) is 29.6 Å². The van der Waals surface area contributed by atoms with E-state index in [4.69, 9.17) is 9.47 Å². The van der Waals surface area contributed by atoms with E-state index in [2.05, 4.69) is 30.5 Å². The molecule has 0 heterocycles. The lowest BCUT2D eigenvalue weighted by Gasteiger charge is -2.34. The summed E-state index contributed by atoms with van der Waals surface area (Å²) in [5, 5.41) is 16.6. The first kappa shape index (κ1) is 27.4. The average Bonchev–Trinajstić information content (AvgIpc) is 2.82. The zero-order valence-electron chi connectivity index (χ0n) is 21.9. The molecule has 0 spiro atoms. The maximum atomic E-state index is 11.4. The van der Waals surface area contributed by atoms with Crippen molar-refractivity contribution in [1.29, 1.82) is 0 Å². The number of aliphatic hydroxyl groups is 1. The molecule has 0 saturated heterocycles. The summed E-state index contributed by atoms with van der Waals surface area (Å²) in [7, 11) is 0. The Morgan fingerprint density at radius 3 is 2.39 bits per heavy atom. The van der Waals surface area contributed by atoms with Crippen molar-refractivity contribution < 1.29 is 19.4 Å². The number of nitrogens with one attached hydrogen (secondary N) is 2. The molecule has 0 aromatic heterocycles. The van der Waals surface area contributed by atoms with Gasteiger partial charge in [0, 0.05) is 12.6 Å². The fourth-order valence-electron chi connectivity index (χ4n) is 4.36. The number of anilines is 1. The zero-order valence-corrected chi connectivity index (χ0v) is 21.9. The predicted octanol–water partition coefficient (Wildman–Crippen LogP) is 5.89. The van der Waals surface area contributed by atoms with Crippen molar-refractivity contribution in [2.45, 2.75) is 59.6 Å². The molecule has 3 aromatic carbocycles. The second-order valence-electron chi connectivity index (χ2n) is 9.98. The third kappa shape index (κ3) is 8.48. The lowest BCUT2D eigenvalue weighted by Crippen LogP contribution is -2.53. The van der Waals surface area contributed by atoms with E-state index in [1.807, 2.05) is 80.6 Å². The van der Waals surface area contributed by atoms with Gasteiger partial charge in [-0.25, -0.2) is 0 Å². The summed E-state index contributed by atoms with van der Waals surface area (Å²) in [5.74, 6) is 1.08. The zero-order chi connectivity index (χ0) is 26.1. The van der Waals surface area contributed by atoms with E-state index >= 15 is 0 Å². The summed E-state index contributed by atoms with van der Waals surface area (Å²) in [6.45, 7) is 10.5. The van der Waals surface area contributed by atoms with Crippen LogP contribution in [0.2, 0.25) is 0 Å². The first-order chi connectivity index (χ1) is 17.1. The molecule has 3 aromatic rings. The van der Waals surface area contributed by atoms with Crippen LogP contribution in [0, 0.1) is 12.8 Å². The van der Waals surface area contributed by atoms with Crippen molar-refractivity contribution in [3.05, 3.63) is 83.9 Å². The van der Waals surface area contributed by atoms with Crippen molar-refractivity contribution in [3.63, 3.8) is 0 Å². The molecule has 0 saturated carbocycles. The normalized spacial score (nSPS) is 13.8. The summed E-state index contributed by atoms with van der Waals surface area (Å²) < 4.78 is 11.9. The highest BCUT2D eigenvalue weighted by atomic mass is 16.6. The monoisotopic (exact) mass is 490 g/mol. The number of aryl methyl sites for hydroxylation is 1. The molecule has 0 radical (unpaired) electrons. The molecular formula is C30H38N2O4. The number of rotatable bonds is 12. The number of aliphatic hydroxyl groups excluding tert-OH is 1. The quantitative estimate of drug-likeness (QED) is 0.276. The van der Waals surface area contributed by atoms with E-state index in [-0.39, 0.29) is 5.91 Å². The number of amides is 1. The van der Waals surface area contributed by atoms with E-state index in [0.717, 1.165) is 40.1 Å². The summed E-state index contributed by atoms with van der Waals surface area (Å²) in [6, 6.07) is 23.6. The van der Waals surface area contributed by atoms with E-state index in [1.54, 1.807) is 0 Å². The van der Waals surface area contributed by atoms with Crippen LogP contribution >= 0.6 is 0 Å². The number of ether oxygens (including phenoxy) is 2. The number of carbonyl (C=O) groups excluding carboxylic acids is 1. The number of hydrogen-bond acceptors (Lipinski definition) is 5. The Labute approximate surface area is 214 Å². The molecular weight excluding hydrogens is 452 g/mol. The molecule has 6 heteroatoms. The van der Waals surface area contributed by atoms with E-state index < -0.39 is 12.0 Å². The van der Waals surface area contributed by atoms with Crippen molar-refractivity contribution in [1.82, 2.24) is 5.32 Å². The number of benzene rings is 3. The van der Waals surface area contributed by atoms with Crippen molar-refractivity contribution in [3.8, 4) is 16.9 Å². The third-order valence-electron chi connectivity index (χ3n) is 5.82. The molecule has 6 nitrogen and oxygen atoms in total. The van der Waals surface area contributed by atoms with Crippen LogP contribution in [0.25, 0.3) is 11.1 Å². The molecule has 36 heavy (non-hydrogen) atoms. The Balaban J connectivity index is 1.66. The van der Waals surface area contributed by atoms with Gasteiger partial charge < -0.3 is 19.9 Å². The highest BCUT2D eigenvalue weighted by Gasteiger charge is 2.29. The maximum Gasteiger partial charge on any atom is 0.221 e. The molecule has 1 amide bonds. The fraction of sp³-hybridized carbons (Fsp3) is 0.367. The molecule has 3 N–H and O–H groups in total. The first-order valence-electron chi connectivity index (χ1n) is 12.4. The highest BCUT2D eigenvalue weighted by molar-refractivity contribution is 5.89. The van der Waals surface area contributed by atoms with Crippen LogP contribution in [0.4, 0.5) is 5.69 Å². The SMILES string of the molecule is CC(=O)Nc1cccc(-c2ccc(OCC(C)(CC(C)C)NC(O)OCc3ccccc3)c(C)c2)c1. The predicted molar refractivity (Wildman–Crippen MR) is 145 cm³/mol. The third-order valence-corrected chi connectivity index (χ3v) is 5.82. The molecule has 2 atom stereocenters. The summed E-state index contributed by atoms with van der Waals surface area (Å²) >= 11 is 0. The number of carbonyl (C=O) groups is 1. The van der Waals surface area contributed by atoms with Gasteiger partial charge in [-0.05, 0) is 72.7 Å². The van der Waals surface area contributed by atoms with Crippen LogP contribution in [0.3, 0.4) is 0 Å². The van der Waals surface area contributed by atoms with Gasteiger partial charge in [-0.15, -0.1) is 0 Å².